The van der Waals surface area contributed by atoms with Crippen LogP contribution in [0.3, 0.4) is 0 Å². The van der Waals surface area contributed by atoms with Crippen molar-refractivity contribution in [3.05, 3.63) is 17.7 Å². The van der Waals surface area contributed by atoms with Gasteiger partial charge in [-0.1, -0.05) is 0 Å². The zero-order valence-electron chi connectivity index (χ0n) is 9.94. The quantitative estimate of drug-likeness (QED) is 0.822. The minimum absolute atomic E-state index is 0.522. The van der Waals surface area contributed by atoms with E-state index in [2.05, 4.69) is 23.0 Å². The van der Waals surface area contributed by atoms with Gasteiger partial charge in [-0.3, -0.25) is 0 Å². The van der Waals surface area contributed by atoms with Gasteiger partial charge in [0.15, 0.2) is 0 Å². The lowest BCUT2D eigenvalue weighted by molar-refractivity contribution is 0.252. The second kappa shape index (κ2) is 4.70. The third-order valence-electron chi connectivity index (χ3n) is 3.26. The molecule has 2 heterocycles. The van der Waals surface area contributed by atoms with E-state index in [1.807, 2.05) is 6.07 Å². The molecular weight excluding hydrogens is 202 g/mol. The molecule has 2 rings (SSSR count). The summed E-state index contributed by atoms with van der Waals surface area (Å²) in [5, 5.41) is 0. The van der Waals surface area contributed by atoms with Gasteiger partial charge in [-0.25, -0.2) is 0 Å². The van der Waals surface area contributed by atoms with Crippen molar-refractivity contribution in [1.29, 1.82) is 0 Å². The molecule has 1 fully saturated rings. The molecule has 0 spiro atoms. The fourth-order valence-corrected chi connectivity index (χ4v) is 2.26. The number of anilines is 1. The normalized spacial score (nSPS) is 18.6. The van der Waals surface area contributed by atoms with Crippen LogP contribution in [0.4, 0.5) is 5.82 Å². The Bertz CT molecular complexity index is 359. The maximum Gasteiger partial charge on any atom is 0.218 e. The zero-order valence-corrected chi connectivity index (χ0v) is 9.94. The zero-order chi connectivity index (χ0) is 11.5. The van der Waals surface area contributed by atoms with Gasteiger partial charge in [0.25, 0.3) is 0 Å². The van der Waals surface area contributed by atoms with E-state index in [-0.39, 0.29) is 0 Å². The number of nitrogens with zero attached hydrogens (tertiary/aromatic N) is 2. The summed E-state index contributed by atoms with van der Waals surface area (Å²) in [6, 6.07) is 3.91. The number of nitrogens with two attached hydrogens (primary N) is 1. The van der Waals surface area contributed by atoms with Gasteiger partial charge < -0.3 is 15.4 Å². The molecule has 0 unspecified atom stereocenters. The Hall–Kier alpha value is -1.29. The molecule has 4 heteroatoms. The molecule has 1 aliphatic rings. The highest BCUT2D eigenvalue weighted by Gasteiger charge is 2.21. The molecule has 16 heavy (non-hydrogen) atoms. The molecular formula is C12H19N3O. The van der Waals surface area contributed by atoms with Gasteiger partial charge in [0.2, 0.25) is 5.88 Å². The second-order valence-corrected chi connectivity index (χ2v) is 4.41. The molecule has 0 saturated carbocycles. The van der Waals surface area contributed by atoms with Crippen LogP contribution in [-0.2, 0) is 0 Å². The predicted octanol–water partition coefficient (Wildman–Crippen LogP) is 1.48. The Kier molecular flexibility index (Phi) is 3.29. The summed E-state index contributed by atoms with van der Waals surface area (Å²) in [5.74, 6) is 1.77. The number of nitrogen functional groups attached to an aromatic ring is 1. The fraction of sp³-hybridized carbons (Fsp3) is 0.583. The van der Waals surface area contributed by atoms with Gasteiger partial charge >= 0.3 is 0 Å². The number of pyridine rings is 1. The highest BCUT2D eigenvalue weighted by atomic mass is 16.5. The number of methoxy groups -OCH3 is 1. The van der Waals surface area contributed by atoms with E-state index in [1.165, 1.54) is 18.4 Å². The van der Waals surface area contributed by atoms with Crippen LogP contribution in [0.5, 0.6) is 5.88 Å². The first-order valence-corrected chi connectivity index (χ1v) is 5.69. The summed E-state index contributed by atoms with van der Waals surface area (Å²) in [7, 11) is 3.81. The van der Waals surface area contributed by atoms with E-state index >= 15 is 0 Å². The van der Waals surface area contributed by atoms with Crippen LogP contribution in [0.25, 0.3) is 0 Å². The number of likely N-dealkylation sites (tertiary alicyclic amines) is 1. The van der Waals surface area contributed by atoms with Crippen molar-refractivity contribution in [1.82, 2.24) is 9.88 Å². The molecule has 0 amide bonds. The molecule has 0 radical (unpaired) electrons. The molecule has 4 nitrogen and oxygen atoms in total. The van der Waals surface area contributed by atoms with Crippen molar-refractivity contribution in [2.75, 3.05) is 33.0 Å². The van der Waals surface area contributed by atoms with Gasteiger partial charge in [-0.15, -0.1) is 0 Å². The van der Waals surface area contributed by atoms with Crippen LogP contribution in [0.2, 0.25) is 0 Å². The molecule has 0 aromatic carbocycles. The van der Waals surface area contributed by atoms with Crippen LogP contribution in [-0.4, -0.2) is 37.1 Å². The van der Waals surface area contributed by atoms with Crippen LogP contribution in [0.1, 0.15) is 24.3 Å². The average Bonchev–Trinajstić information content (AvgIpc) is 2.30. The minimum Gasteiger partial charge on any atom is -0.481 e. The van der Waals surface area contributed by atoms with Crippen molar-refractivity contribution in [3.63, 3.8) is 0 Å². The van der Waals surface area contributed by atoms with E-state index in [9.17, 15) is 0 Å². The Morgan fingerprint density at radius 3 is 2.69 bits per heavy atom. The Morgan fingerprint density at radius 2 is 2.06 bits per heavy atom. The van der Waals surface area contributed by atoms with E-state index < -0.39 is 0 Å². The second-order valence-electron chi connectivity index (χ2n) is 4.41. The summed E-state index contributed by atoms with van der Waals surface area (Å²) in [6.07, 6.45) is 2.33. The Morgan fingerprint density at radius 1 is 1.38 bits per heavy atom. The molecule has 0 aliphatic carbocycles. The molecule has 1 aliphatic heterocycles. The van der Waals surface area contributed by atoms with Crippen molar-refractivity contribution in [3.8, 4) is 5.88 Å². The Balaban J connectivity index is 2.19. The van der Waals surface area contributed by atoms with Gasteiger partial charge in [0, 0.05) is 5.56 Å². The molecule has 2 N–H and O–H groups in total. The SMILES string of the molecule is COc1nc(N)ccc1C1CCN(C)CC1. The summed E-state index contributed by atoms with van der Waals surface area (Å²) >= 11 is 0. The van der Waals surface area contributed by atoms with E-state index in [4.69, 9.17) is 10.5 Å². The maximum atomic E-state index is 5.66. The lowest BCUT2D eigenvalue weighted by Gasteiger charge is -2.29. The highest BCUT2D eigenvalue weighted by Crippen LogP contribution is 2.33. The summed E-state index contributed by atoms with van der Waals surface area (Å²) in [6.45, 7) is 2.27. The largest absolute Gasteiger partial charge is 0.481 e. The van der Waals surface area contributed by atoms with Crippen molar-refractivity contribution >= 4 is 5.82 Å². The number of hydrogen-bond donors (Lipinski definition) is 1. The third kappa shape index (κ3) is 2.27. The van der Waals surface area contributed by atoms with Gasteiger partial charge in [0.05, 0.1) is 7.11 Å². The number of rotatable bonds is 2. The monoisotopic (exact) mass is 221 g/mol. The average molecular weight is 221 g/mol. The van der Waals surface area contributed by atoms with Crippen LogP contribution < -0.4 is 10.5 Å². The van der Waals surface area contributed by atoms with Gasteiger partial charge in [0.1, 0.15) is 5.82 Å². The first-order valence-electron chi connectivity index (χ1n) is 5.69. The first-order chi connectivity index (χ1) is 7.70. The van der Waals surface area contributed by atoms with E-state index in [1.54, 1.807) is 7.11 Å². The molecule has 88 valence electrons. The van der Waals surface area contributed by atoms with Gasteiger partial charge in [-0.2, -0.15) is 4.98 Å². The van der Waals surface area contributed by atoms with Gasteiger partial charge in [-0.05, 0) is 51.0 Å². The number of aromatic nitrogens is 1. The summed E-state index contributed by atoms with van der Waals surface area (Å²) in [4.78, 5) is 6.58. The third-order valence-corrected chi connectivity index (χ3v) is 3.26. The highest BCUT2D eigenvalue weighted by molar-refractivity contribution is 5.39. The lowest BCUT2D eigenvalue weighted by atomic mass is 9.90. The van der Waals surface area contributed by atoms with Crippen LogP contribution in [0, 0.1) is 0 Å². The van der Waals surface area contributed by atoms with E-state index in [0.29, 0.717) is 17.6 Å². The molecule has 1 aromatic rings. The summed E-state index contributed by atoms with van der Waals surface area (Å²) in [5.41, 5.74) is 6.85. The first kappa shape index (κ1) is 11.2. The lowest BCUT2D eigenvalue weighted by Crippen LogP contribution is -2.29. The maximum absolute atomic E-state index is 5.66. The molecule has 1 saturated heterocycles. The minimum atomic E-state index is 0.522. The topological polar surface area (TPSA) is 51.4 Å². The molecule has 0 atom stereocenters. The van der Waals surface area contributed by atoms with Crippen molar-refractivity contribution in [2.24, 2.45) is 0 Å². The number of hydrogen-bond acceptors (Lipinski definition) is 4. The number of piperidine rings is 1. The molecule has 0 bridgehead atoms. The molecule has 1 aromatic heterocycles. The van der Waals surface area contributed by atoms with Crippen molar-refractivity contribution < 1.29 is 4.74 Å². The van der Waals surface area contributed by atoms with Crippen LogP contribution >= 0.6 is 0 Å². The smallest absolute Gasteiger partial charge is 0.218 e. The number of ether oxygens (including phenoxy) is 1. The van der Waals surface area contributed by atoms with E-state index in [0.717, 1.165) is 13.1 Å². The van der Waals surface area contributed by atoms with Crippen LogP contribution in [0.15, 0.2) is 12.1 Å². The fourth-order valence-electron chi connectivity index (χ4n) is 2.26. The van der Waals surface area contributed by atoms with Crippen molar-refractivity contribution in [2.45, 2.75) is 18.8 Å². The standard InChI is InChI=1S/C12H19N3O/c1-15-7-5-9(6-8-15)10-3-4-11(13)14-12(10)16-2/h3-4,9H,5-8H2,1-2H3,(H2,13,14). The predicted molar refractivity (Wildman–Crippen MR) is 64.7 cm³/mol. The Labute approximate surface area is 96.4 Å². The summed E-state index contributed by atoms with van der Waals surface area (Å²) < 4.78 is 5.30.